The quantitative estimate of drug-likeness (QED) is 0.746. The Kier molecular flexibility index (Phi) is 6.00. The predicted molar refractivity (Wildman–Crippen MR) is 103 cm³/mol. The number of likely N-dealkylation sites (N-methyl/N-ethyl adjacent to an activating group) is 1. The van der Waals surface area contributed by atoms with E-state index in [1.54, 1.807) is 0 Å². The molecule has 2 aromatic rings. The monoisotopic (exact) mass is 372 g/mol. The third-order valence-electron chi connectivity index (χ3n) is 4.03. The molecule has 1 heterocycles. The van der Waals surface area contributed by atoms with Crippen LogP contribution >= 0.6 is 11.3 Å². The van der Waals surface area contributed by atoms with Crippen molar-refractivity contribution in [1.82, 2.24) is 15.2 Å². The lowest BCUT2D eigenvalue weighted by Gasteiger charge is -2.14. The number of carbonyl (C=O) groups is 2. The Balaban J connectivity index is 1.45. The van der Waals surface area contributed by atoms with Crippen molar-refractivity contribution < 1.29 is 9.59 Å². The summed E-state index contributed by atoms with van der Waals surface area (Å²) in [6.45, 7) is 2.96. The number of anilines is 1. The van der Waals surface area contributed by atoms with Crippen molar-refractivity contribution in [1.29, 1.82) is 0 Å². The van der Waals surface area contributed by atoms with Crippen molar-refractivity contribution in [3.63, 3.8) is 0 Å². The van der Waals surface area contributed by atoms with Crippen molar-refractivity contribution in [3.8, 4) is 0 Å². The molecule has 2 N–H and O–H groups in total. The minimum atomic E-state index is -0.0769. The number of rotatable bonds is 8. The molecule has 0 radical (unpaired) electrons. The molecule has 1 aromatic heterocycles. The number of aromatic nitrogens is 1. The average molecular weight is 372 g/mol. The Morgan fingerprint density at radius 2 is 1.96 bits per heavy atom. The lowest BCUT2D eigenvalue weighted by atomic mass is 10.2. The summed E-state index contributed by atoms with van der Waals surface area (Å²) in [7, 11) is 1.90. The van der Waals surface area contributed by atoms with Gasteiger partial charge in [0.05, 0.1) is 18.7 Å². The number of aryl methyl sites for hydroxylation is 1. The SMILES string of the molecule is Cc1ccc(NC(=O)Cc2nc(CN(C)CC(=O)NC3CC3)cs2)cc1. The summed E-state index contributed by atoms with van der Waals surface area (Å²) in [6, 6.07) is 8.09. The van der Waals surface area contributed by atoms with Crippen LogP contribution in [0.25, 0.3) is 0 Å². The molecule has 7 heteroatoms. The molecule has 1 aliphatic carbocycles. The summed E-state index contributed by atoms with van der Waals surface area (Å²) >= 11 is 1.47. The van der Waals surface area contributed by atoms with Gasteiger partial charge in [0.2, 0.25) is 11.8 Å². The summed E-state index contributed by atoms with van der Waals surface area (Å²) < 4.78 is 0. The average Bonchev–Trinajstić information content (AvgIpc) is 3.28. The molecule has 6 nitrogen and oxygen atoms in total. The second kappa shape index (κ2) is 8.42. The number of thiazole rings is 1. The van der Waals surface area contributed by atoms with Crippen molar-refractivity contribution in [3.05, 3.63) is 45.9 Å². The van der Waals surface area contributed by atoms with E-state index in [0.29, 0.717) is 19.1 Å². The first-order chi connectivity index (χ1) is 12.5. The maximum absolute atomic E-state index is 12.1. The molecule has 0 unspecified atom stereocenters. The van der Waals surface area contributed by atoms with E-state index in [2.05, 4.69) is 15.6 Å². The zero-order valence-electron chi connectivity index (χ0n) is 15.1. The number of nitrogens with zero attached hydrogens (tertiary/aromatic N) is 2. The van der Waals surface area contributed by atoms with Gasteiger partial charge >= 0.3 is 0 Å². The zero-order valence-corrected chi connectivity index (χ0v) is 15.9. The first kappa shape index (κ1) is 18.5. The minimum absolute atomic E-state index is 0.0583. The topological polar surface area (TPSA) is 74.3 Å². The summed E-state index contributed by atoms with van der Waals surface area (Å²) in [5.41, 5.74) is 2.83. The summed E-state index contributed by atoms with van der Waals surface area (Å²) in [6.07, 6.45) is 2.44. The largest absolute Gasteiger partial charge is 0.352 e. The molecule has 26 heavy (non-hydrogen) atoms. The normalized spacial score (nSPS) is 13.7. The van der Waals surface area contributed by atoms with Crippen LogP contribution in [0.2, 0.25) is 0 Å². The van der Waals surface area contributed by atoms with Crippen molar-refractivity contribution in [2.75, 3.05) is 18.9 Å². The van der Waals surface area contributed by atoms with Crippen LogP contribution in [0.3, 0.4) is 0 Å². The summed E-state index contributed by atoms with van der Waals surface area (Å²) in [5.74, 6) is -0.0187. The Morgan fingerprint density at radius 3 is 2.65 bits per heavy atom. The third kappa shape index (κ3) is 5.93. The number of hydrogen-bond donors (Lipinski definition) is 2. The van der Waals surface area contributed by atoms with Gasteiger partial charge in [-0.25, -0.2) is 4.98 Å². The van der Waals surface area contributed by atoms with Gasteiger partial charge in [-0.2, -0.15) is 0 Å². The molecule has 0 atom stereocenters. The van der Waals surface area contributed by atoms with E-state index >= 15 is 0 Å². The van der Waals surface area contributed by atoms with Gasteiger partial charge in [0.1, 0.15) is 5.01 Å². The highest BCUT2D eigenvalue weighted by Crippen LogP contribution is 2.18. The smallest absolute Gasteiger partial charge is 0.234 e. The van der Waals surface area contributed by atoms with Gasteiger partial charge in [0.25, 0.3) is 0 Å². The van der Waals surface area contributed by atoms with Gasteiger partial charge < -0.3 is 10.6 Å². The van der Waals surface area contributed by atoms with Crippen molar-refractivity contribution in [2.45, 2.75) is 38.8 Å². The molecule has 1 aliphatic rings. The Labute approximate surface area is 157 Å². The molecule has 3 rings (SSSR count). The second-order valence-electron chi connectivity index (χ2n) is 6.84. The Hall–Kier alpha value is -2.25. The van der Waals surface area contributed by atoms with E-state index in [9.17, 15) is 9.59 Å². The van der Waals surface area contributed by atoms with Gasteiger partial charge in [-0.05, 0) is 38.9 Å². The maximum atomic E-state index is 12.1. The molecule has 0 aliphatic heterocycles. The number of hydrogen-bond acceptors (Lipinski definition) is 5. The molecular weight excluding hydrogens is 348 g/mol. The highest BCUT2D eigenvalue weighted by Gasteiger charge is 2.23. The fraction of sp³-hybridized carbons (Fsp3) is 0.421. The maximum Gasteiger partial charge on any atom is 0.234 e. The van der Waals surface area contributed by atoms with Crippen LogP contribution in [-0.4, -0.2) is 41.3 Å². The molecule has 0 spiro atoms. The number of nitrogens with one attached hydrogen (secondary N) is 2. The third-order valence-corrected chi connectivity index (χ3v) is 4.93. The molecule has 138 valence electrons. The molecule has 0 bridgehead atoms. The molecule has 1 fully saturated rings. The summed E-state index contributed by atoms with van der Waals surface area (Å²) in [5, 5.41) is 8.59. The van der Waals surface area contributed by atoms with Crippen LogP contribution in [0, 0.1) is 6.92 Å². The van der Waals surface area contributed by atoms with E-state index in [-0.39, 0.29) is 18.2 Å². The molecule has 1 saturated carbocycles. The van der Waals surface area contributed by atoms with E-state index in [1.165, 1.54) is 11.3 Å². The van der Waals surface area contributed by atoms with E-state index < -0.39 is 0 Å². The van der Waals surface area contributed by atoms with Gasteiger partial charge in [-0.3, -0.25) is 14.5 Å². The lowest BCUT2D eigenvalue weighted by Crippen LogP contribution is -2.36. The Bertz CT molecular complexity index is 768. The summed E-state index contributed by atoms with van der Waals surface area (Å²) in [4.78, 5) is 30.4. The first-order valence-electron chi connectivity index (χ1n) is 8.75. The predicted octanol–water partition coefficient (Wildman–Crippen LogP) is 2.34. The van der Waals surface area contributed by atoms with Crippen molar-refractivity contribution >= 4 is 28.8 Å². The van der Waals surface area contributed by atoms with Crippen LogP contribution < -0.4 is 10.6 Å². The van der Waals surface area contributed by atoms with E-state index in [1.807, 2.05) is 48.5 Å². The van der Waals surface area contributed by atoms with E-state index in [0.717, 1.165) is 34.8 Å². The van der Waals surface area contributed by atoms with Gasteiger partial charge in [0.15, 0.2) is 0 Å². The van der Waals surface area contributed by atoms with Crippen molar-refractivity contribution in [2.24, 2.45) is 0 Å². The lowest BCUT2D eigenvalue weighted by molar-refractivity contribution is -0.122. The standard InChI is InChI=1S/C19H24N4O2S/c1-13-3-5-14(6-4-13)20-17(24)9-19-22-16(12-26-19)10-23(2)11-18(25)21-15-7-8-15/h3-6,12,15H,7-11H2,1-2H3,(H,20,24)(H,21,25). The van der Waals surface area contributed by atoms with Gasteiger partial charge in [-0.1, -0.05) is 17.7 Å². The number of carbonyl (C=O) groups excluding carboxylic acids is 2. The fourth-order valence-corrected chi connectivity index (χ4v) is 3.34. The molecular formula is C19H24N4O2S. The van der Waals surface area contributed by atoms with Crippen LogP contribution in [0.5, 0.6) is 0 Å². The molecule has 0 saturated heterocycles. The number of benzene rings is 1. The molecule has 1 aromatic carbocycles. The zero-order chi connectivity index (χ0) is 18.5. The van der Waals surface area contributed by atoms with Crippen LogP contribution in [0.15, 0.2) is 29.6 Å². The van der Waals surface area contributed by atoms with E-state index in [4.69, 9.17) is 0 Å². The first-order valence-corrected chi connectivity index (χ1v) is 9.63. The van der Waals surface area contributed by atoms with Gasteiger partial charge in [-0.15, -0.1) is 11.3 Å². The van der Waals surface area contributed by atoms with Crippen LogP contribution in [0.4, 0.5) is 5.69 Å². The fourth-order valence-electron chi connectivity index (χ4n) is 2.56. The van der Waals surface area contributed by atoms with Crippen LogP contribution in [-0.2, 0) is 22.6 Å². The van der Waals surface area contributed by atoms with Crippen LogP contribution in [0.1, 0.15) is 29.1 Å². The van der Waals surface area contributed by atoms with Gasteiger partial charge in [0, 0.05) is 23.7 Å². The highest BCUT2D eigenvalue weighted by atomic mass is 32.1. The minimum Gasteiger partial charge on any atom is -0.352 e. The number of amides is 2. The Morgan fingerprint density at radius 1 is 1.23 bits per heavy atom. The molecule has 2 amide bonds. The second-order valence-corrected chi connectivity index (χ2v) is 7.78. The highest BCUT2D eigenvalue weighted by molar-refractivity contribution is 7.09.